The molecular weight excluding hydrogens is 235 g/mol. The summed E-state index contributed by atoms with van der Waals surface area (Å²) in [7, 11) is 0. The van der Waals surface area contributed by atoms with Gasteiger partial charge in [0.05, 0.1) is 6.07 Å². The number of benzene rings is 1. The number of halogens is 3. The molecule has 0 aliphatic rings. The Balaban J connectivity index is 3.00. The maximum absolute atomic E-state index is 12.3. The first-order valence-electron chi connectivity index (χ1n) is 4.65. The highest BCUT2D eigenvalue weighted by Crippen LogP contribution is 2.40. The van der Waals surface area contributed by atoms with Crippen LogP contribution in [0, 0.1) is 18.3 Å². The predicted octanol–water partition coefficient (Wildman–Crippen LogP) is 4.06. The lowest BCUT2D eigenvalue weighted by atomic mass is 10.1. The lowest BCUT2D eigenvalue weighted by molar-refractivity contribution is -0.0328. The minimum absolute atomic E-state index is 0.105. The van der Waals surface area contributed by atoms with Crippen LogP contribution in [0.5, 0.6) is 0 Å². The highest BCUT2D eigenvalue weighted by Gasteiger charge is 2.30. The van der Waals surface area contributed by atoms with E-state index in [-0.39, 0.29) is 23.1 Å². The van der Waals surface area contributed by atoms with Gasteiger partial charge in [0.25, 0.3) is 0 Å². The molecule has 0 aliphatic heterocycles. The van der Waals surface area contributed by atoms with Crippen LogP contribution in [0.1, 0.15) is 17.5 Å². The summed E-state index contributed by atoms with van der Waals surface area (Å²) in [5.41, 5.74) is -3.10. The zero-order chi connectivity index (χ0) is 12.2. The van der Waals surface area contributed by atoms with E-state index >= 15 is 0 Å². The van der Waals surface area contributed by atoms with E-state index in [1.807, 2.05) is 6.07 Å². The minimum Gasteiger partial charge on any atom is -0.198 e. The van der Waals surface area contributed by atoms with Crippen molar-refractivity contribution in [2.45, 2.75) is 30.2 Å². The molecule has 0 unspecified atom stereocenters. The van der Waals surface area contributed by atoms with Gasteiger partial charge in [-0.05, 0) is 36.2 Å². The maximum atomic E-state index is 12.3. The maximum Gasteiger partial charge on any atom is 0.446 e. The van der Waals surface area contributed by atoms with Crippen LogP contribution in [0.3, 0.4) is 0 Å². The highest BCUT2D eigenvalue weighted by molar-refractivity contribution is 8.00. The lowest BCUT2D eigenvalue weighted by Gasteiger charge is -2.12. The Hall–Kier alpha value is -1.15. The first-order valence-corrected chi connectivity index (χ1v) is 5.47. The first kappa shape index (κ1) is 12.9. The molecule has 0 saturated carbocycles. The fraction of sp³-hybridized carbons (Fsp3) is 0.364. The standard InChI is InChI=1S/C11H10F3NS/c1-8-4-2-5-9(6-3-7-15)10(8)16-11(12,13)14/h2,4-5H,3,6H2,1H3. The van der Waals surface area contributed by atoms with E-state index in [1.54, 1.807) is 25.1 Å². The number of rotatable bonds is 3. The quantitative estimate of drug-likeness (QED) is 0.750. The molecule has 1 aromatic carbocycles. The fourth-order valence-electron chi connectivity index (χ4n) is 1.36. The van der Waals surface area contributed by atoms with Crippen molar-refractivity contribution in [3.8, 4) is 6.07 Å². The number of thioether (sulfide) groups is 1. The van der Waals surface area contributed by atoms with Gasteiger partial charge in [-0.15, -0.1) is 0 Å². The van der Waals surface area contributed by atoms with E-state index in [4.69, 9.17) is 5.26 Å². The molecule has 0 heterocycles. The van der Waals surface area contributed by atoms with E-state index in [0.29, 0.717) is 17.5 Å². The van der Waals surface area contributed by atoms with Crippen molar-refractivity contribution < 1.29 is 13.2 Å². The van der Waals surface area contributed by atoms with Crippen molar-refractivity contribution in [1.29, 1.82) is 5.26 Å². The Morgan fingerprint density at radius 2 is 2.06 bits per heavy atom. The zero-order valence-electron chi connectivity index (χ0n) is 8.64. The molecule has 0 N–H and O–H groups in total. The van der Waals surface area contributed by atoms with E-state index in [2.05, 4.69) is 0 Å². The molecule has 0 spiro atoms. The van der Waals surface area contributed by atoms with Gasteiger partial charge >= 0.3 is 5.51 Å². The summed E-state index contributed by atoms with van der Waals surface area (Å²) in [6.07, 6.45) is 0.589. The van der Waals surface area contributed by atoms with Gasteiger partial charge in [-0.1, -0.05) is 18.2 Å². The number of nitriles is 1. The van der Waals surface area contributed by atoms with Crippen molar-refractivity contribution in [1.82, 2.24) is 0 Å². The van der Waals surface area contributed by atoms with Crippen molar-refractivity contribution in [2.24, 2.45) is 0 Å². The van der Waals surface area contributed by atoms with Gasteiger partial charge in [-0.3, -0.25) is 0 Å². The molecule has 86 valence electrons. The van der Waals surface area contributed by atoms with Crippen LogP contribution in [0.15, 0.2) is 23.1 Å². The molecule has 1 rings (SSSR count). The molecular formula is C11H10F3NS. The SMILES string of the molecule is Cc1cccc(CCC#N)c1SC(F)(F)F. The second-order valence-corrected chi connectivity index (χ2v) is 4.34. The second kappa shape index (κ2) is 5.26. The molecule has 0 atom stereocenters. The number of nitrogens with zero attached hydrogens (tertiary/aromatic N) is 1. The molecule has 1 nitrogen and oxygen atoms in total. The Bertz CT molecular complexity index is 407. The molecule has 0 amide bonds. The van der Waals surface area contributed by atoms with Crippen molar-refractivity contribution in [3.63, 3.8) is 0 Å². The summed E-state index contributed by atoms with van der Waals surface area (Å²) in [5.74, 6) is 0. The van der Waals surface area contributed by atoms with Gasteiger partial charge in [-0.2, -0.15) is 18.4 Å². The summed E-state index contributed by atoms with van der Waals surface area (Å²) in [6.45, 7) is 1.64. The van der Waals surface area contributed by atoms with Gasteiger partial charge in [0.2, 0.25) is 0 Å². The number of hydrogen-bond donors (Lipinski definition) is 0. The average Bonchev–Trinajstić information content (AvgIpc) is 2.17. The smallest absolute Gasteiger partial charge is 0.198 e. The Kier molecular flexibility index (Phi) is 4.25. The Labute approximate surface area is 96.3 Å². The van der Waals surface area contributed by atoms with Gasteiger partial charge in [-0.25, -0.2) is 0 Å². The minimum atomic E-state index is -4.28. The van der Waals surface area contributed by atoms with Crippen LogP contribution in [0.4, 0.5) is 13.2 Å². The summed E-state index contributed by atoms with van der Waals surface area (Å²) in [4.78, 5) is 0.227. The van der Waals surface area contributed by atoms with Gasteiger partial charge in [0.1, 0.15) is 0 Å². The number of aryl methyl sites for hydroxylation is 2. The number of alkyl halides is 3. The molecule has 0 bridgehead atoms. The predicted molar refractivity (Wildman–Crippen MR) is 57.0 cm³/mol. The first-order chi connectivity index (χ1) is 7.44. The summed E-state index contributed by atoms with van der Waals surface area (Å²) in [5, 5.41) is 8.44. The summed E-state index contributed by atoms with van der Waals surface area (Å²) >= 11 is -0.105. The van der Waals surface area contributed by atoms with Crippen LogP contribution in [0.2, 0.25) is 0 Å². The summed E-state index contributed by atoms with van der Waals surface area (Å²) < 4.78 is 37.0. The topological polar surface area (TPSA) is 23.8 Å². The van der Waals surface area contributed by atoms with Crippen LogP contribution >= 0.6 is 11.8 Å². The third-order valence-electron chi connectivity index (χ3n) is 2.02. The third-order valence-corrected chi connectivity index (χ3v) is 3.04. The van der Waals surface area contributed by atoms with Crippen LogP contribution in [-0.2, 0) is 6.42 Å². The monoisotopic (exact) mass is 245 g/mol. The lowest BCUT2D eigenvalue weighted by Crippen LogP contribution is -2.02. The van der Waals surface area contributed by atoms with Crippen LogP contribution < -0.4 is 0 Å². The van der Waals surface area contributed by atoms with Gasteiger partial charge in [0.15, 0.2) is 0 Å². The van der Waals surface area contributed by atoms with Gasteiger partial charge < -0.3 is 0 Å². The fourth-order valence-corrected chi connectivity index (χ4v) is 2.12. The summed E-state index contributed by atoms with van der Waals surface area (Å²) in [6, 6.07) is 6.93. The van der Waals surface area contributed by atoms with E-state index in [1.165, 1.54) is 0 Å². The van der Waals surface area contributed by atoms with E-state index in [9.17, 15) is 13.2 Å². The largest absolute Gasteiger partial charge is 0.446 e. The zero-order valence-corrected chi connectivity index (χ0v) is 9.45. The molecule has 0 saturated heterocycles. The van der Waals surface area contributed by atoms with E-state index in [0.717, 1.165) is 0 Å². The molecule has 5 heteroatoms. The Morgan fingerprint density at radius 1 is 1.38 bits per heavy atom. The van der Waals surface area contributed by atoms with Crippen LogP contribution in [-0.4, -0.2) is 5.51 Å². The molecule has 16 heavy (non-hydrogen) atoms. The molecule has 1 aromatic rings. The van der Waals surface area contributed by atoms with Gasteiger partial charge in [0, 0.05) is 11.3 Å². The van der Waals surface area contributed by atoms with Crippen LogP contribution in [0.25, 0.3) is 0 Å². The molecule has 0 fully saturated rings. The Morgan fingerprint density at radius 3 is 2.62 bits per heavy atom. The number of hydrogen-bond acceptors (Lipinski definition) is 2. The second-order valence-electron chi connectivity index (χ2n) is 3.27. The molecule has 0 radical (unpaired) electrons. The highest BCUT2D eigenvalue weighted by atomic mass is 32.2. The van der Waals surface area contributed by atoms with E-state index < -0.39 is 5.51 Å². The average molecular weight is 245 g/mol. The van der Waals surface area contributed by atoms with Crippen molar-refractivity contribution in [2.75, 3.05) is 0 Å². The van der Waals surface area contributed by atoms with Crippen molar-refractivity contribution in [3.05, 3.63) is 29.3 Å². The third kappa shape index (κ3) is 3.78. The molecule has 0 aliphatic carbocycles. The molecule has 0 aromatic heterocycles. The van der Waals surface area contributed by atoms with Crippen molar-refractivity contribution >= 4 is 11.8 Å². The normalized spacial score (nSPS) is 11.2.